The first-order chi connectivity index (χ1) is 11.3. The molecule has 0 bridgehead atoms. The molecule has 0 saturated carbocycles. The van der Waals surface area contributed by atoms with E-state index in [2.05, 4.69) is 20.4 Å². The van der Waals surface area contributed by atoms with E-state index in [1.807, 2.05) is 60.7 Å². The average Bonchev–Trinajstić information content (AvgIpc) is 3.05. The normalized spacial score (nSPS) is 11.0. The smallest absolute Gasteiger partial charge is 0.204 e. The maximum absolute atomic E-state index is 6.28. The van der Waals surface area contributed by atoms with E-state index in [1.54, 1.807) is 0 Å². The molecule has 0 aliphatic carbocycles. The second-order valence-corrected chi connectivity index (χ2v) is 5.50. The van der Waals surface area contributed by atoms with Crippen molar-refractivity contribution in [2.24, 2.45) is 0 Å². The first kappa shape index (κ1) is 13.8. The molecule has 4 rings (SSSR count). The Morgan fingerprint density at radius 1 is 0.957 bits per heavy atom. The van der Waals surface area contributed by atoms with Gasteiger partial charge in [0, 0.05) is 16.5 Å². The predicted molar refractivity (Wildman–Crippen MR) is 89.1 cm³/mol. The molecule has 0 N–H and O–H groups in total. The molecule has 2 heterocycles. The van der Waals surface area contributed by atoms with Crippen LogP contribution in [0, 0.1) is 0 Å². The number of para-hydroxylation sites is 1. The van der Waals surface area contributed by atoms with Crippen LogP contribution in [0.4, 0.5) is 0 Å². The Hall–Kier alpha value is -2.79. The van der Waals surface area contributed by atoms with Crippen LogP contribution < -0.4 is 0 Å². The van der Waals surface area contributed by atoms with E-state index in [-0.39, 0.29) is 0 Å². The fraction of sp³-hybridized carbons (Fsp3) is 0.0588. The number of fused-ring (bicyclic) bond motifs is 1. The van der Waals surface area contributed by atoms with E-state index in [9.17, 15) is 0 Å². The largest absolute Gasteiger partial charge is 0.236 e. The van der Waals surface area contributed by atoms with Gasteiger partial charge in [-0.05, 0) is 17.3 Å². The molecule has 0 saturated heterocycles. The van der Waals surface area contributed by atoms with Gasteiger partial charge >= 0.3 is 0 Å². The number of halogens is 1. The zero-order chi connectivity index (χ0) is 15.6. The van der Waals surface area contributed by atoms with E-state index >= 15 is 0 Å². The minimum atomic E-state index is 0.427. The summed E-state index contributed by atoms with van der Waals surface area (Å²) < 4.78 is 0. The number of nitrogens with zero attached hydrogens (tertiary/aromatic N) is 5. The summed E-state index contributed by atoms with van der Waals surface area (Å²) in [5.74, 6) is 0.593. The molecule has 0 fully saturated rings. The van der Waals surface area contributed by atoms with E-state index in [1.165, 1.54) is 4.80 Å². The standard InChI is InChI=1S/C17H12ClN5/c18-16-14(10-13-8-4-5-9-15(13)19-16)11-23-21-17(20-22-23)12-6-2-1-3-7-12/h1-10H,11H2. The summed E-state index contributed by atoms with van der Waals surface area (Å²) in [7, 11) is 0. The van der Waals surface area contributed by atoms with Crippen LogP contribution in [0.3, 0.4) is 0 Å². The first-order valence-electron chi connectivity index (χ1n) is 7.17. The van der Waals surface area contributed by atoms with Crippen LogP contribution in [0.15, 0.2) is 60.7 Å². The van der Waals surface area contributed by atoms with E-state index < -0.39 is 0 Å². The second-order valence-electron chi connectivity index (χ2n) is 5.14. The summed E-state index contributed by atoms with van der Waals surface area (Å²) in [6, 6.07) is 19.6. The maximum Gasteiger partial charge on any atom is 0.204 e. The molecule has 112 valence electrons. The number of aromatic nitrogens is 5. The molecule has 23 heavy (non-hydrogen) atoms. The molecule has 0 aliphatic rings. The van der Waals surface area contributed by atoms with E-state index in [0.29, 0.717) is 17.5 Å². The first-order valence-corrected chi connectivity index (χ1v) is 7.55. The van der Waals surface area contributed by atoms with Crippen molar-refractivity contribution in [1.29, 1.82) is 0 Å². The second kappa shape index (κ2) is 5.78. The summed E-state index contributed by atoms with van der Waals surface area (Å²) >= 11 is 6.28. The number of pyridine rings is 1. The molecule has 0 radical (unpaired) electrons. The van der Waals surface area contributed by atoms with Gasteiger partial charge in [0.2, 0.25) is 5.82 Å². The van der Waals surface area contributed by atoms with Crippen molar-refractivity contribution < 1.29 is 0 Å². The molecule has 0 aliphatic heterocycles. The summed E-state index contributed by atoms with van der Waals surface area (Å²) in [6.45, 7) is 0.427. The molecular formula is C17H12ClN5. The molecule has 4 aromatic rings. The Kier molecular flexibility index (Phi) is 3.48. The number of benzene rings is 2. The van der Waals surface area contributed by atoms with Crippen molar-refractivity contribution in [2.75, 3.05) is 0 Å². The average molecular weight is 322 g/mol. The Balaban J connectivity index is 1.66. The highest BCUT2D eigenvalue weighted by molar-refractivity contribution is 6.30. The van der Waals surface area contributed by atoms with Gasteiger partial charge in [-0.3, -0.25) is 0 Å². The van der Waals surface area contributed by atoms with E-state index in [0.717, 1.165) is 22.0 Å². The Bertz CT molecular complexity index is 965. The number of tetrazole rings is 1. The third-order valence-corrected chi connectivity index (χ3v) is 3.87. The summed E-state index contributed by atoms with van der Waals surface area (Å²) in [5, 5.41) is 14.1. The van der Waals surface area contributed by atoms with Crippen LogP contribution >= 0.6 is 11.6 Å². The highest BCUT2D eigenvalue weighted by Gasteiger charge is 2.09. The van der Waals surface area contributed by atoms with Crippen LogP contribution in [-0.2, 0) is 6.54 Å². The third-order valence-electron chi connectivity index (χ3n) is 3.55. The van der Waals surface area contributed by atoms with Crippen LogP contribution in [0.2, 0.25) is 5.15 Å². The Morgan fingerprint density at radius 2 is 1.74 bits per heavy atom. The Morgan fingerprint density at radius 3 is 2.61 bits per heavy atom. The van der Waals surface area contributed by atoms with Crippen molar-refractivity contribution >= 4 is 22.5 Å². The van der Waals surface area contributed by atoms with Gasteiger partial charge in [0.25, 0.3) is 0 Å². The number of hydrogen-bond donors (Lipinski definition) is 0. The van der Waals surface area contributed by atoms with Gasteiger partial charge in [-0.2, -0.15) is 4.80 Å². The van der Waals surface area contributed by atoms with Crippen LogP contribution in [-0.4, -0.2) is 25.2 Å². The number of hydrogen-bond acceptors (Lipinski definition) is 4. The van der Waals surface area contributed by atoms with E-state index in [4.69, 9.17) is 11.6 Å². The molecule has 2 aromatic heterocycles. The van der Waals surface area contributed by atoms with Gasteiger partial charge in [0.15, 0.2) is 0 Å². The van der Waals surface area contributed by atoms with Gasteiger partial charge in [-0.25, -0.2) is 4.98 Å². The lowest BCUT2D eigenvalue weighted by molar-refractivity contribution is 0.572. The van der Waals surface area contributed by atoms with Gasteiger partial charge < -0.3 is 0 Å². The topological polar surface area (TPSA) is 56.5 Å². The molecule has 0 unspecified atom stereocenters. The van der Waals surface area contributed by atoms with Crippen LogP contribution in [0.25, 0.3) is 22.3 Å². The lowest BCUT2D eigenvalue weighted by Crippen LogP contribution is -2.05. The van der Waals surface area contributed by atoms with Crippen molar-refractivity contribution in [3.63, 3.8) is 0 Å². The Labute approximate surface area is 137 Å². The summed E-state index contributed by atoms with van der Waals surface area (Å²) in [5.41, 5.74) is 2.67. The van der Waals surface area contributed by atoms with Crippen molar-refractivity contribution in [1.82, 2.24) is 25.2 Å². The zero-order valence-electron chi connectivity index (χ0n) is 12.1. The molecule has 6 heteroatoms. The van der Waals surface area contributed by atoms with Crippen molar-refractivity contribution in [2.45, 2.75) is 6.54 Å². The lowest BCUT2D eigenvalue weighted by Gasteiger charge is -2.05. The quantitative estimate of drug-likeness (QED) is 0.541. The fourth-order valence-electron chi connectivity index (χ4n) is 2.41. The monoisotopic (exact) mass is 321 g/mol. The maximum atomic E-state index is 6.28. The zero-order valence-corrected chi connectivity index (χ0v) is 12.9. The van der Waals surface area contributed by atoms with Gasteiger partial charge in [0.1, 0.15) is 5.15 Å². The fourth-order valence-corrected chi connectivity index (χ4v) is 2.62. The molecule has 0 atom stereocenters. The third kappa shape index (κ3) is 2.78. The molecular weight excluding hydrogens is 310 g/mol. The molecule has 0 amide bonds. The highest BCUT2D eigenvalue weighted by Crippen LogP contribution is 2.21. The lowest BCUT2D eigenvalue weighted by atomic mass is 10.1. The van der Waals surface area contributed by atoms with Gasteiger partial charge in [-0.1, -0.05) is 60.1 Å². The molecule has 0 spiro atoms. The summed E-state index contributed by atoms with van der Waals surface area (Å²) in [4.78, 5) is 5.94. The minimum absolute atomic E-state index is 0.427. The summed E-state index contributed by atoms with van der Waals surface area (Å²) in [6.07, 6.45) is 0. The number of rotatable bonds is 3. The van der Waals surface area contributed by atoms with Gasteiger partial charge in [-0.15, -0.1) is 10.2 Å². The molecule has 2 aromatic carbocycles. The van der Waals surface area contributed by atoms with Crippen molar-refractivity contribution in [3.05, 3.63) is 71.4 Å². The van der Waals surface area contributed by atoms with Crippen LogP contribution in [0.5, 0.6) is 0 Å². The van der Waals surface area contributed by atoms with Gasteiger partial charge in [0.05, 0.1) is 12.1 Å². The van der Waals surface area contributed by atoms with Crippen molar-refractivity contribution in [3.8, 4) is 11.4 Å². The predicted octanol–water partition coefficient (Wildman–Crippen LogP) is 3.59. The molecule has 5 nitrogen and oxygen atoms in total. The minimum Gasteiger partial charge on any atom is -0.236 e. The van der Waals surface area contributed by atoms with Crippen LogP contribution in [0.1, 0.15) is 5.56 Å². The highest BCUT2D eigenvalue weighted by atomic mass is 35.5. The SMILES string of the molecule is Clc1nc2ccccc2cc1Cn1nnc(-c2ccccc2)n1.